The van der Waals surface area contributed by atoms with Gasteiger partial charge in [0.15, 0.2) is 11.3 Å². The molecule has 1 aliphatic heterocycles. The number of fused-ring (bicyclic) bond motifs is 1. The Labute approximate surface area is 173 Å². The number of rotatable bonds is 3. The number of halogens is 3. The van der Waals surface area contributed by atoms with Crippen LogP contribution < -0.4 is 4.90 Å². The van der Waals surface area contributed by atoms with Crippen LogP contribution in [0.4, 0.5) is 19.0 Å². The lowest BCUT2D eigenvalue weighted by atomic mass is 9.96. The molecule has 0 amide bonds. The van der Waals surface area contributed by atoms with E-state index >= 15 is 0 Å². The van der Waals surface area contributed by atoms with Gasteiger partial charge in [0, 0.05) is 18.5 Å². The summed E-state index contributed by atoms with van der Waals surface area (Å²) in [5.74, 6) is 1.90. The summed E-state index contributed by atoms with van der Waals surface area (Å²) in [6, 6.07) is 5.49. The molecule has 4 rings (SSSR count). The lowest BCUT2D eigenvalue weighted by Crippen LogP contribution is -2.24. The molecule has 0 N–H and O–H groups in total. The second kappa shape index (κ2) is 7.21. The van der Waals surface area contributed by atoms with E-state index in [1.54, 1.807) is 6.07 Å². The van der Waals surface area contributed by atoms with Gasteiger partial charge in [-0.05, 0) is 24.0 Å². The normalized spacial score (nSPS) is 17.8. The average Bonchev–Trinajstić information content (AvgIpc) is 3.25. The third-order valence-corrected chi connectivity index (χ3v) is 5.30. The first-order chi connectivity index (χ1) is 14.0. The first kappa shape index (κ1) is 20.6. The molecule has 2 aromatic heterocycles. The van der Waals surface area contributed by atoms with E-state index in [4.69, 9.17) is 4.98 Å². The van der Waals surface area contributed by atoms with E-state index < -0.39 is 11.7 Å². The van der Waals surface area contributed by atoms with Crippen molar-refractivity contribution >= 4 is 17.0 Å². The summed E-state index contributed by atoms with van der Waals surface area (Å²) in [6.07, 6.45) is -3.37. The van der Waals surface area contributed by atoms with Crippen LogP contribution in [0.15, 0.2) is 24.3 Å². The van der Waals surface area contributed by atoms with Crippen LogP contribution in [0, 0.1) is 5.92 Å². The Bertz CT molecular complexity index is 1070. The molecule has 0 saturated carbocycles. The summed E-state index contributed by atoms with van der Waals surface area (Å²) in [4.78, 5) is 12.8. The Morgan fingerprint density at radius 2 is 1.80 bits per heavy atom. The van der Waals surface area contributed by atoms with Crippen molar-refractivity contribution in [3.8, 4) is 0 Å². The van der Waals surface area contributed by atoms with Gasteiger partial charge >= 0.3 is 6.18 Å². The van der Waals surface area contributed by atoms with Gasteiger partial charge in [-0.15, -0.1) is 10.2 Å². The Morgan fingerprint density at radius 1 is 1.07 bits per heavy atom. The van der Waals surface area contributed by atoms with Crippen molar-refractivity contribution in [3.05, 3.63) is 41.2 Å². The fraction of sp³-hybridized carbons (Fsp3) is 0.524. The maximum Gasteiger partial charge on any atom is 0.416 e. The smallest absolute Gasteiger partial charge is 0.354 e. The van der Waals surface area contributed by atoms with Crippen molar-refractivity contribution in [2.24, 2.45) is 5.92 Å². The van der Waals surface area contributed by atoms with Crippen molar-refractivity contribution in [1.82, 2.24) is 25.0 Å². The summed E-state index contributed by atoms with van der Waals surface area (Å²) in [5, 5.41) is 8.91. The highest BCUT2D eigenvalue weighted by Crippen LogP contribution is 2.33. The monoisotopic (exact) mass is 418 g/mol. The molecular formula is C21H25F3N6. The molecular weight excluding hydrogens is 393 g/mol. The molecule has 0 spiro atoms. The summed E-state index contributed by atoms with van der Waals surface area (Å²) in [7, 11) is 0. The van der Waals surface area contributed by atoms with Crippen LogP contribution >= 0.6 is 0 Å². The van der Waals surface area contributed by atoms with Gasteiger partial charge in [0.25, 0.3) is 0 Å². The molecule has 1 fully saturated rings. The summed E-state index contributed by atoms with van der Waals surface area (Å²) in [5.41, 5.74) is 0.0867. The van der Waals surface area contributed by atoms with Crippen molar-refractivity contribution in [1.29, 1.82) is 0 Å². The van der Waals surface area contributed by atoms with Gasteiger partial charge in [-0.1, -0.05) is 45.9 Å². The SMILES string of the molecule is CC1CCN(c2nc(C(C)(C)C)nc3nn(Cc4ccccc4C(F)(F)F)nc23)C1. The van der Waals surface area contributed by atoms with Gasteiger partial charge in [-0.3, -0.25) is 0 Å². The molecule has 9 heteroatoms. The van der Waals surface area contributed by atoms with Crippen molar-refractivity contribution < 1.29 is 13.2 Å². The minimum atomic E-state index is -4.43. The third-order valence-electron chi connectivity index (χ3n) is 5.30. The number of hydrogen-bond acceptors (Lipinski definition) is 5. The van der Waals surface area contributed by atoms with E-state index in [0.717, 1.165) is 25.6 Å². The van der Waals surface area contributed by atoms with E-state index in [2.05, 4.69) is 27.0 Å². The van der Waals surface area contributed by atoms with E-state index in [0.29, 0.717) is 28.7 Å². The zero-order valence-corrected chi connectivity index (χ0v) is 17.5. The highest BCUT2D eigenvalue weighted by Gasteiger charge is 2.33. The molecule has 30 heavy (non-hydrogen) atoms. The molecule has 1 aromatic carbocycles. The van der Waals surface area contributed by atoms with Gasteiger partial charge < -0.3 is 4.90 Å². The van der Waals surface area contributed by atoms with Crippen LogP contribution in [0.5, 0.6) is 0 Å². The van der Waals surface area contributed by atoms with E-state index in [-0.39, 0.29) is 17.5 Å². The van der Waals surface area contributed by atoms with Gasteiger partial charge in [-0.2, -0.15) is 18.0 Å². The van der Waals surface area contributed by atoms with Crippen LogP contribution in [-0.4, -0.2) is 38.1 Å². The standard InChI is InChI=1S/C21H25F3N6/c1-13-9-10-29(11-13)18-16-17(25-19(26-18)20(2,3)4)28-30(27-16)12-14-7-5-6-8-15(14)21(22,23)24/h5-8,13H,9-12H2,1-4H3. The fourth-order valence-electron chi connectivity index (χ4n) is 3.68. The van der Waals surface area contributed by atoms with Crippen LogP contribution in [0.25, 0.3) is 11.2 Å². The summed E-state index contributed by atoms with van der Waals surface area (Å²) in [6.45, 7) is 9.89. The highest BCUT2D eigenvalue weighted by atomic mass is 19.4. The largest absolute Gasteiger partial charge is 0.416 e. The number of nitrogens with zero attached hydrogens (tertiary/aromatic N) is 6. The molecule has 6 nitrogen and oxygen atoms in total. The van der Waals surface area contributed by atoms with E-state index in [1.807, 2.05) is 20.8 Å². The Morgan fingerprint density at radius 3 is 2.43 bits per heavy atom. The predicted molar refractivity (Wildman–Crippen MR) is 108 cm³/mol. The van der Waals surface area contributed by atoms with Crippen LogP contribution in [0.2, 0.25) is 0 Å². The minimum Gasteiger partial charge on any atom is -0.354 e. The molecule has 0 aliphatic carbocycles. The maximum atomic E-state index is 13.4. The molecule has 0 bridgehead atoms. The lowest BCUT2D eigenvalue weighted by Gasteiger charge is -2.21. The van der Waals surface area contributed by atoms with Gasteiger partial charge in [0.1, 0.15) is 5.82 Å². The molecule has 1 unspecified atom stereocenters. The quantitative estimate of drug-likeness (QED) is 0.630. The second-order valence-electron chi connectivity index (χ2n) is 9.02. The van der Waals surface area contributed by atoms with Crippen molar-refractivity contribution in [3.63, 3.8) is 0 Å². The molecule has 1 atom stereocenters. The van der Waals surface area contributed by atoms with Crippen LogP contribution in [0.1, 0.15) is 51.1 Å². The fourth-order valence-corrected chi connectivity index (χ4v) is 3.68. The van der Waals surface area contributed by atoms with E-state index in [9.17, 15) is 13.2 Å². The number of aromatic nitrogens is 5. The van der Waals surface area contributed by atoms with E-state index in [1.165, 1.54) is 16.9 Å². The molecule has 3 aromatic rings. The number of alkyl halides is 3. The zero-order chi connectivity index (χ0) is 21.7. The Hall–Kier alpha value is -2.71. The first-order valence-electron chi connectivity index (χ1n) is 10.1. The molecule has 160 valence electrons. The number of benzene rings is 1. The highest BCUT2D eigenvalue weighted by molar-refractivity contribution is 5.82. The number of hydrogen-bond donors (Lipinski definition) is 0. The molecule has 3 heterocycles. The van der Waals surface area contributed by atoms with Crippen LogP contribution in [0.3, 0.4) is 0 Å². The van der Waals surface area contributed by atoms with Gasteiger partial charge in [0.2, 0.25) is 5.65 Å². The van der Waals surface area contributed by atoms with Crippen molar-refractivity contribution in [2.45, 2.75) is 52.3 Å². The average molecular weight is 418 g/mol. The first-order valence-corrected chi connectivity index (χ1v) is 10.1. The van der Waals surface area contributed by atoms with Crippen molar-refractivity contribution in [2.75, 3.05) is 18.0 Å². The molecule has 1 saturated heterocycles. The Kier molecular flexibility index (Phi) is 4.94. The molecule has 0 radical (unpaired) electrons. The maximum absolute atomic E-state index is 13.4. The zero-order valence-electron chi connectivity index (χ0n) is 17.5. The molecule has 1 aliphatic rings. The summed E-state index contributed by atoms with van der Waals surface area (Å²) >= 11 is 0. The number of anilines is 1. The lowest BCUT2D eigenvalue weighted by molar-refractivity contribution is -0.138. The topological polar surface area (TPSA) is 59.7 Å². The minimum absolute atomic E-state index is 0.0905. The van der Waals surface area contributed by atoms with Gasteiger partial charge in [-0.25, -0.2) is 9.97 Å². The van der Waals surface area contributed by atoms with Gasteiger partial charge in [0.05, 0.1) is 12.1 Å². The predicted octanol–water partition coefficient (Wildman–Crippen LogP) is 4.43. The second-order valence-corrected chi connectivity index (χ2v) is 9.02. The third kappa shape index (κ3) is 3.97. The Balaban J connectivity index is 1.79. The van der Waals surface area contributed by atoms with Crippen LogP contribution in [-0.2, 0) is 18.1 Å². The summed E-state index contributed by atoms with van der Waals surface area (Å²) < 4.78 is 40.1.